The summed E-state index contributed by atoms with van der Waals surface area (Å²) < 4.78 is 32.0. The van der Waals surface area contributed by atoms with Gasteiger partial charge in [-0.2, -0.15) is 4.31 Å². The molecule has 7 heteroatoms. The van der Waals surface area contributed by atoms with Gasteiger partial charge in [0.2, 0.25) is 10.0 Å². The molecule has 2 N–H and O–H groups in total. The lowest BCUT2D eigenvalue weighted by atomic mass is 10.0. The van der Waals surface area contributed by atoms with Gasteiger partial charge >= 0.3 is 0 Å². The number of nitrogens with two attached hydrogens (primary N) is 1. The minimum Gasteiger partial charge on any atom is -0.495 e. The second kappa shape index (κ2) is 6.30. The van der Waals surface area contributed by atoms with Crippen molar-refractivity contribution in [2.45, 2.75) is 17.7 Å². The minimum absolute atomic E-state index is 0.155. The Hall–Kier alpha value is -0.820. The van der Waals surface area contributed by atoms with Gasteiger partial charge in [-0.1, -0.05) is 11.6 Å². The number of ether oxygens (including phenoxy) is 1. The number of methoxy groups -OCH3 is 1. The van der Waals surface area contributed by atoms with E-state index < -0.39 is 10.0 Å². The van der Waals surface area contributed by atoms with Crippen LogP contribution in [0.15, 0.2) is 23.1 Å². The number of sulfonamides is 1. The van der Waals surface area contributed by atoms with E-state index >= 15 is 0 Å². The van der Waals surface area contributed by atoms with Crippen molar-refractivity contribution in [3.05, 3.63) is 23.2 Å². The number of benzene rings is 1. The van der Waals surface area contributed by atoms with E-state index in [2.05, 4.69) is 0 Å². The Kier molecular flexibility index (Phi) is 4.90. The van der Waals surface area contributed by atoms with Crippen molar-refractivity contribution in [1.82, 2.24) is 4.31 Å². The summed E-state index contributed by atoms with van der Waals surface area (Å²) in [5.74, 6) is 0.490. The zero-order valence-corrected chi connectivity index (χ0v) is 13.0. The summed E-state index contributed by atoms with van der Waals surface area (Å²) in [4.78, 5) is 0.155. The molecule has 20 heavy (non-hydrogen) atoms. The Balaban J connectivity index is 2.35. The molecule has 1 atom stereocenters. The first-order chi connectivity index (χ1) is 9.48. The smallest absolute Gasteiger partial charge is 0.246 e. The van der Waals surface area contributed by atoms with E-state index in [9.17, 15) is 8.42 Å². The monoisotopic (exact) mass is 318 g/mol. The highest BCUT2D eigenvalue weighted by molar-refractivity contribution is 7.89. The maximum atomic E-state index is 12.7. The molecule has 5 nitrogen and oxygen atoms in total. The van der Waals surface area contributed by atoms with Gasteiger partial charge in [0, 0.05) is 24.2 Å². The average molecular weight is 319 g/mol. The van der Waals surface area contributed by atoms with Gasteiger partial charge in [0.25, 0.3) is 0 Å². The molecule has 1 aromatic carbocycles. The molecule has 0 bridgehead atoms. The zero-order valence-electron chi connectivity index (χ0n) is 11.4. The van der Waals surface area contributed by atoms with Gasteiger partial charge in [-0.05, 0) is 37.4 Å². The molecule has 1 heterocycles. The van der Waals surface area contributed by atoms with Crippen LogP contribution < -0.4 is 10.5 Å². The molecule has 112 valence electrons. The van der Waals surface area contributed by atoms with Crippen LogP contribution in [0, 0.1) is 5.92 Å². The van der Waals surface area contributed by atoms with Crippen LogP contribution in [0.5, 0.6) is 5.75 Å². The molecule has 1 unspecified atom stereocenters. The summed E-state index contributed by atoms with van der Waals surface area (Å²) >= 11 is 5.87. The van der Waals surface area contributed by atoms with E-state index in [1.165, 1.54) is 23.5 Å². The molecule has 1 aromatic rings. The highest BCUT2D eigenvalue weighted by Crippen LogP contribution is 2.31. The summed E-state index contributed by atoms with van der Waals surface area (Å²) in [5.41, 5.74) is 5.66. The third kappa shape index (κ3) is 3.09. The van der Waals surface area contributed by atoms with Gasteiger partial charge in [0.15, 0.2) is 0 Å². The molecule has 0 aliphatic carbocycles. The summed E-state index contributed by atoms with van der Waals surface area (Å²) in [7, 11) is -2.14. The van der Waals surface area contributed by atoms with E-state index in [0.717, 1.165) is 12.8 Å². The molecule has 0 spiro atoms. The molecule has 1 saturated heterocycles. The first-order valence-corrected chi connectivity index (χ1v) is 8.34. The molecule has 1 fully saturated rings. The van der Waals surface area contributed by atoms with Crippen LogP contribution >= 0.6 is 11.6 Å². The van der Waals surface area contributed by atoms with Gasteiger partial charge < -0.3 is 10.5 Å². The Labute approximate surface area is 124 Å². The van der Waals surface area contributed by atoms with Gasteiger partial charge in [-0.3, -0.25) is 0 Å². The summed E-state index contributed by atoms with van der Waals surface area (Å²) in [6.07, 6.45) is 1.80. The van der Waals surface area contributed by atoms with E-state index in [4.69, 9.17) is 22.1 Å². The van der Waals surface area contributed by atoms with Gasteiger partial charge in [-0.15, -0.1) is 0 Å². The maximum absolute atomic E-state index is 12.7. The number of hydrogen-bond acceptors (Lipinski definition) is 4. The lowest BCUT2D eigenvalue weighted by Crippen LogP contribution is -2.42. The van der Waals surface area contributed by atoms with Crippen molar-refractivity contribution >= 4 is 21.6 Å². The van der Waals surface area contributed by atoms with Crippen molar-refractivity contribution in [1.29, 1.82) is 0 Å². The third-order valence-electron chi connectivity index (χ3n) is 3.56. The predicted molar refractivity (Wildman–Crippen MR) is 78.5 cm³/mol. The van der Waals surface area contributed by atoms with Crippen LogP contribution in [0.1, 0.15) is 12.8 Å². The normalized spacial score (nSPS) is 20.9. The van der Waals surface area contributed by atoms with Crippen LogP contribution in [0.4, 0.5) is 0 Å². The van der Waals surface area contributed by atoms with E-state index in [1.807, 2.05) is 0 Å². The second-order valence-electron chi connectivity index (χ2n) is 4.90. The number of nitrogens with zero attached hydrogens (tertiary/aromatic N) is 1. The largest absolute Gasteiger partial charge is 0.495 e. The molecule has 2 rings (SSSR count). The quantitative estimate of drug-likeness (QED) is 0.917. The van der Waals surface area contributed by atoms with Crippen LogP contribution in [0.2, 0.25) is 5.02 Å². The lowest BCUT2D eigenvalue weighted by molar-refractivity contribution is 0.270. The van der Waals surface area contributed by atoms with Crippen molar-refractivity contribution in [2.24, 2.45) is 11.7 Å². The summed E-state index contributed by atoms with van der Waals surface area (Å²) in [6, 6.07) is 4.56. The molecule has 0 radical (unpaired) electrons. The van der Waals surface area contributed by atoms with Crippen molar-refractivity contribution in [2.75, 3.05) is 26.7 Å². The van der Waals surface area contributed by atoms with Gasteiger partial charge in [0.1, 0.15) is 10.6 Å². The number of piperidine rings is 1. The minimum atomic E-state index is -3.57. The average Bonchev–Trinajstić information content (AvgIpc) is 2.46. The van der Waals surface area contributed by atoms with Crippen molar-refractivity contribution in [3.63, 3.8) is 0 Å². The zero-order chi connectivity index (χ0) is 14.8. The number of hydrogen-bond donors (Lipinski definition) is 1. The molecule has 0 amide bonds. The van der Waals surface area contributed by atoms with Crippen LogP contribution in [-0.4, -0.2) is 39.5 Å². The molecule has 1 aliphatic rings. The molecular formula is C13H19ClN2O3S. The fraction of sp³-hybridized carbons (Fsp3) is 0.538. The topological polar surface area (TPSA) is 72.6 Å². The highest BCUT2D eigenvalue weighted by atomic mass is 35.5. The molecule has 0 saturated carbocycles. The van der Waals surface area contributed by atoms with Crippen LogP contribution in [0.25, 0.3) is 0 Å². The third-order valence-corrected chi connectivity index (χ3v) is 5.70. The van der Waals surface area contributed by atoms with Crippen LogP contribution in [-0.2, 0) is 10.0 Å². The SMILES string of the molecule is COc1cc(Cl)ccc1S(=O)(=O)N1CCCC(CN)C1. The first kappa shape index (κ1) is 15.6. The first-order valence-electron chi connectivity index (χ1n) is 6.52. The molecule has 0 aromatic heterocycles. The Bertz CT molecular complexity index is 577. The molecular weight excluding hydrogens is 300 g/mol. The summed E-state index contributed by atoms with van der Waals surface area (Å²) in [6.45, 7) is 1.49. The van der Waals surface area contributed by atoms with Crippen molar-refractivity contribution in [3.8, 4) is 5.75 Å². The predicted octanol–water partition coefficient (Wildman–Crippen LogP) is 1.71. The van der Waals surface area contributed by atoms with Crippen molar-refractivity contribution < 1.29 is 13.2 Å². The second-order valence-corrected chi connectivity index (χ2v) is 7.24. The van der Waals surface area contributed by atoms with E-state index in [-0.39, 0.29) is 16.6 Å². The Morgan fingerprint density at radius 3 is 2.90 bits per heavy atom. The van der Waals surface area contributed by atoms with E-state index in [0.29, 0.717) is 24.7 Å². The maximum Gasteiger partial charge on any atom is 0.246 e. The molecule has 1 aliphatic heterocycles. The Morgan fingerprint density at radius 1 is 1.50 bits per heavy atom. The fourth-order valence-electron chi connectivity index (χ4n) is 2.43. The summed E-state index contributed by atoms with van der Waals surface area (Å²) in [5, 5.41) is 0.444. The highest BCUT2D eigenvalue weighted by Gasteiger charge is 2.31. The Morgan fingerprint density at radius 2 is 2.25 bits per heavy atom. The standard InChI is InChI=1S/C13H19ClN2O3S/c1-19-12-7-11(14)4-5-13(12)20(17,18)16-6-2-3-10(8-15)9-16/h4-5,7,10H,2-3,6,8-9,15H2,1H3. The van der Waals surface area contributed by atoms with Crippen LogP contribution in [0.3, 0.4) is 0 Å². The van der Waals surface area contributed by atoms with E-state index in [1.54, 1.807) is 6.07 Å². The number of halogens is 1. The fourth-order valence-corrected chi connectivity index (χ4v) is 4.28. The lowest BCUT2D eigenvalue weighted by Gasteiger charge is -2.31. The number of rotatable bonds is 4. The van der Waals surface area contributed by atoms with Gasteiger partial charge in [-0.25, -0.2) is 8.42 Å². The van der Waals surface area contributed by atoms with Gasteiger partial charge in [0.05, 0.1) is 7.11 Å².